The third-order valence-corrected chi connectivity index (χ3v) is 2.51. The lowest BCUT2D eigenvalue weighted by molar-refractivity contribution is -0.141. The van der Waals surface area contributed by atoms with E-state index in [1.54, 1.807) is 17.9 Å². The molecule has 0 radical (unpaired) electrons. The Morgan fingerprint density at radius 1 is 1.58 bits per heavy atom. The summed E-state index contributed by atoms with van der Waals surface area (Å²) in [5, 5.41) is 0.0397. The van der Waals surface area contributed by atoms with Crippen LogP contribution in [0.15, 0.2) is 19.0 Å². The maximum Gasteiger partial charge on any atom is 0.325 e. The van der Waals surface area contributed by atoms with E-state index in [0.717, 1.165) is 0 Å². The van der Waals surface area contributed by atoms with Gasteiger partial charge < -0.3 is 9.64 Å². The Kier molecular flexibility index (Phi) is 5.95. The van der Waals surface area contributed by atoms with Crippen molar-refractivity contribution in [2.24, 2.45) is 0 Å². The molecule has 0 aliphatic carbocycles. The molecule has 0 spiro atoms. The van der Waals surface area contributed by atoms with Crippen molar-refractivity contribution in [1.82, 2.24) is 9.97 Å². The smallest absolute Gasteiger partial charge is 0.325 e. The third kappa shape index (κ3) is 4.03. The van der Waals surface area contributed by atoms with Crippen LogP contribution in [0.3, 0.4) is 0 Å². The normalized spacial score (nSPS) is 9.79. The first kappa shape index (κ1) is 15.1. The highest BCUT2D eigenvalue weighted by atomic mass is 35.5. The van der Waals surface area contributed by atoms with Crippen LogP contribution < -0.4 is 4.90 Å². The number of carbonyl (C=O) groups excluding carboxylic acids is 2. The number of nitrogens with zero attached hydrogens (tertiary/aromatic N) is 3. The Hall–Kier alpha value is -1.95. The molecule has 7 heteroatoms. The van der Waals surface area contributed by atoms with Crippen LogP contribution in [-0.4, -0.2) is 41.9 Å². The topological polar surface area (TPSA) is 72.4 Å². The number of anilines is 1. The van der Waals surface area contributed by atoms with Gasteiger partial charge in [0.1, 0.15) is 23.8 Å². The van der Waals surface area contributed by atoms with Gasteiger partial charge in [0.15, 0.2) is 6.29 Å². The fourth-order valence-electron chi connectivity index (χ4n) is 1.46. The minimum Gasteiger partial charge on any atom is -0.465 e. The molecule has 0 amide bonds. The Balaban J connectivity index is 3.04. The van der Waals surface area contributed by atoms with E-state index in [9.17, 15) is 9.59 Å². The number of aromatic nitrogens is 2. The largest absolute Gasteiger partial charge is 0.465 e. The minimum atomic E-state index is -0.420. The summed E-state index contributed by atoms with van der Waals surface area (Å²) >= 11 is 5.82. The Morgan fingerprint density at radius 3 is 2.89 bits per heavy atom. The summed E-state index contributed by atoms with van der Waals surface area (Å²) in [5.74, 6) is -0.140. The van der Waals surface area contributed by atoms with Crippen LogP contribution in [0.2, 0.25) is 5.15 Å². The Labute approximate surface area is 116 Å². The zero-order chi connectivity index (χ0) is 14.3. The van der Waals surface area contributed by atoms with E-state index in [2.05, 4.69) is 16.5 Å². The van der Waals surface area contributed by atoms with Crippen molar-refractivity contribution in [3.05, 3.63) is 29.7 Å². The maximum atomic E-state index is 11.5. The highest BCUT2D eigenvalue weighted by Gasteiger charge is 2.18. The molecule has 0 saturated carbocycles. The molecule has 0 bridgehead atoms. The summed E-state index contributed by atoms with van der Waals surface area (Å²) in [6, 6.07) is 0. The number of hydrogen-bond donors (Lipinski definition) is 0. The van der Waals surface area contributed by atoms with Crippen molar-refractivity contribution in [1.29, 1.82) is 0 Å². The van der Waals surface area contributed by atoms with Gasteiger partial charge in [-0.3, -0.25) is 9.59 Å². The van der Waals surface area contributed by atoms with Crippen LogP contribution in [0.4, 0.5) is 5.82 Å². The van der Waals surface area contributed by atoms with E-state index < -0.39 is 5.97 Å². The van der Waals surface area contributed by atoms with Gasteiger partial charge in [0.25, 0.3) is 0 Å². The SMILES string of the molecule is C=CCN(CC(=O)OCC)c1ncnc(Cl)c1C=O. The predicted molar refractivity (Wildman–Crippen MR) is 71.5 cm³/mol. The standard InChI is InChI=1S/C12H14ClN3O3/c1-3-5-16(6-10(18)19-4-2)12-9(7-17)11(13)14-8-15-12/h3,7-8H,1,4-6H2,2H3. The number of rotatable bonds is 7. The molecule has 0 fully saturated rings. The molecule has 1 aromatic heterocycles. The fourth-order valence-corrected chi connectivity index (χ4v) is 1.64. The van der Waals surface area contributed by atoms with Gasteiger partial charge in [-0.2, -0.15) is 0 Å². The predicted octanol–water partition coefficient (Wildman–Crippen LogP) is 1.50. The Morgan fingerprint density at radius 2 is 2.32 bits per heavy atom. The zero-order valence-corrected chi connectivity index (χ0v) is 11.3. The monoisotopic (exact) mass is 283 g/mol. The second kappa shape index (κ2) is 7.48. The molecule has 19 heavy (non-hydrogen) atoms. The van der Waals surface area contributed by atoms with Gasteiger partial charge in [0.2, 0.25) is 0 Å². The summed E-state index contributed by atoms with van der Waals surface area (Å²) in [5.41, 5.74) is 0.135. The molecule has 0 aliphatic heterocycles. The van der Waals surface area contributed by atoms with Gasteiger partial charge in [-0.25, -0.2) is 9.97 Å². The Bertz CT molecular complexity index is 479. The number of aldehydes is 1. The molecule has 1 heterocycles. The summed E-state index contributed by atoms with van der Waals surface area (Å²) in [6.07, 6.45) is 3.37. The van der Waals surface area contributed by atoms with E-state index in [1.807, 2.05) is 0 Å². The van der Waals surface area contributed by atoms with Crippen LogP contribution in [0, 0.1) is 0 Å². The number of hydrogen-bond acceptors (Lipinski definition) is 6. The molecule has 0 atom stereocenters. The number of carbonyl (C=O) groups is 2. The van der Waals surface area contributed by atoms with Gasteiger partial charge in [-0.15, -0.1) is 6.58 Å². The van der Waals surface area contributed by atoms with E-state index in [4.69, 9.17) is 16.3 Å². The first-order valence-electron chi connectivity index (χ1n) is 5.61. The molecule has 0 saturated heterocycles. The first-order valence-corrected chi connectivity index (χ1v) is 5.99. The van der Waals surface area contributed by atoms with Crippen molar-refractivity contribution in [3.63, 3.8) is 0 Å². The first-order chi connectivity index (χ1) is 9.13. The average Bonchev–Trinajstić information content (AvgIpc) is 2.38. The molecule has 0 N–H and O–H groups in total. The van der Waals surface area contributed by atoms with E-state index in [1.165, 1.54) is 6.33 Å². The molecule has 6 nitrogen and oxygen atoms in total. The molecular formula is C12H14ClN3O3. The molecule has 102 valence electrons. The molecule has 0 aliphatic rings. The number of halogens is 1. The van der Waals surface area contributed by atoms with Crippen molar-refractivity contribution >= 4 is 29.7 Å². The van der Waals surface area contributed by atoms with Crippen molar-refractivity contribution in [2.75, 3.05) is 24.6 Å². The van der Waals surface area contributed by atoms with E-state index in [0.29, 0.717) is 12.8 Å². The second-order valence-corrected chi connectivity index (χ2v) is 3.85. The van der Waals surface area contributed by atoms with Crippen LogP contribution >= 0.6 is 11.6 Å². The van der Waals surface area contributed by atoms with Crippen molar-refractivity contribution in [3.8, 4) is 0 Å². The van der Waals surface area contributed by atoms with Crippen molar-refractivity contribution in [2.45, 2.75) is 6.92 Å². The van der Waals surface area contributed by atoms with Crippen LogP contribution in [-0.2, 0) is 9.53 Å². The summed E-state index contributed by atoms with van der Waals surface area (Å²) in [4.78, 5) is 31.8. The lowest BCUT2D eigenvalue weighted by Crippen LogP contribution is -2.32. The molecule has 0 unspecified atom stereocenters. The lowest BCUT2D eigenvalue weighted by atomic mass is 10.3. The lowest BCUT2D eigenvalue weighted by Gasteiger charge is -2.22. The van der Waals surface area contributed by atoms with Gasteiger partial charge in [-0.05, 0) is 6.92 Å². The highest BCUT2D eigenvalue weighted by molar-refractivity contribution is 6.32. The fraction of sp³-hybridized carbons (Fsp3) is 0.333. The van der Waals surface area contributed by atoms with E-state index >= 15 is 0 Å². The van der Waals surface area contributed by atoms with Crippen LogP contribution in [0.5, 0.6) is 0 Å². The third-order valence-electron chi connectivity index (χ3n) is 2.21. The molecule has 1 aromatic rings. The second-order valence-electron chi connectivity index (χ2n) is 3.49. The van der Waals surface area contributed by atoms with Gasteiger partial charge in [0.05, 0.1) is 12.2 Å². The minimum absolute atomic E-state index is 0.0397. The van der Waals surface area contributed by atoms with Crippen molar-refractivity contribution < 1.29 is 14.3 Å². The summed E-state index contributed by atoms with van der Waals surface area (Å²) in [7, 11) is 0. The van der Waals surface area contributed by atoms with Gasteiger partial charge >= 0.3 is 5.97 Å². The quantitative estimate of drug-likeness (QED) is 0.327. The van der Waals surface area contributed by atoms with E-state index in [-0.39, 0.29) is 29.7 Å². The molecule has 0 aromatic carbocycles. The van der Waals surface area contributed by atoms with Gasteiger partial charge in [0, 0.05) is 6.54 Å². The molecular weight excluding hydrogens is 270 g/mol. The maximum absolute atomic E-state index is 11.5. The highest BCUT2D eigenvalue weighted by Crippen LogP contribution is 2.21. The zero-order valence-electron chi connectivity index (χ0n) is 10.5. The average molecular weight is 284 g/mol. The van der Waals surface area contributed by atoms with Gasteiger partial charge in [-0.1, -0.05) is 17.7 Å². The van der Waals surface area contributed by atoms with Crippen LogP contribution in [0.25, 0.3) is 0 Å². The summed E-state index contributed by atoms with van der Waals surface area (Å²) < 4.78 is 4.86. The summed E-state index contributed by atoms with van der Waals surface area (Å²) in [6.45, 7) is 5.88. The molecule has 1 rings (SSSR count). The number of ether oxygens (including phenoxy) is 1. The number of esters is 1. The van der Waals surface area contributed by atoms with Crippen LogP contribution in [0.1, 0.15) is 17.3 Å².